The second-order valence-corrected chi connectivity index (χ2v) is 12.3. The standard InChI is InChI=1S/C44H27N5O/c1-4-12-29(13-5-1)42-46-43(30-14-6-2-7-15-30)48-44(47-42)35-21-20-32(28-24-26-45-27-25-28)41-38(35)39-37(50-41)23-22-34-33-18-10-11-19-36(33)49(40(34)39)31-16-8-3-9-17-31/h1-27H. The van der Waals surface area contributed by atoms with Gasteiger partial charge in [0.25, 0.3) is 0 Å². The average Bonchev–Trinajstić information content (AvgIpc) is 3.75. The lowest BCUT2D eigenvalue weighted by atomic mass is 9.97. The van der Waals surface area contributed by atoms with Crippen LogP contribution < -0.4 is 0 Å². The molecular weight excluding hydrogens is 615 g/mol. The predicted octanol–water partition coefficient (Wildman–Crippen LogP) is 10.9. The fourth-order valence-electron chi connectivity index (χ4n) is 7.13. The molecule has 0 unspecified atom stereocenters. The molecule has 0 aliphatic heterocycles. The Morgan fingerprint density at radius 1 is 0.440 bits per heavy atom. The molecule has 6 aromatic carbocycles. The van der Waals surface area contributed by atoms with E-state index >= 15 is 0 Å². The van der Waals surface area contributed by atoms with Crippen molar-refractivity contribution in [2.75, 3.05) is 0 Å². The molecule has 0 spiro atoms. The molecule has 10 rings (SSSR count). The van der Waals surface area contributed by atoms with Crippen LogP contribution in [-0.4, -0.2) is 24.5 Å². The zero-order chi connectivity index (χ0) is 33.0. The van der Waals surface area contributed by atoms with Crippen molar-refractivity contribution in [2.24, 2.45) is 0 Å². The molecule has 6 heteroatoms. The maximum Gasteiger partial charge on any atom is 0.164 e. The Hall–Kier alpha value is -6.92. The number of rotatable bonds is 5. The summed E-state index contributed by atoms with van der Waals surface area (Å²) in [5.74, 6) is 1.79. The summed E-state index contributed by atoms with van der Waals surface area (Å²) in [5.41, 5.74) is 9.52. The molecule has 234 valence electrons. The molecule has 0 fully saturated rings. The molecule has 10 aromatic rings. The topological polar surface area (TPSA) is 69.6 Å². The SMILES string of the molecule is c1ccc(-c2nc(-c3ccccc3)nc(-c3ccc(-c4ccncc4)c4oc5ccc6c7ccccc7n(-c7ccccc7)c6c5c34)n2)cc1. The Morgan fingerprint density at radius 3 is 1.74 bits per heavy atom. The molecule has 4 aromatic heterocycles. The minimum atomic E-state index is 0.575. The van der Waals surface area contributed by atoms with Gasteiger partial charge in [0, 0.05) is 56.5 Å². The summed E-state index contributed by atoms with van der Waals surface area (Å²) >= 11 is 0. The number of hydrogen-bond donors (Lipinski definition) is 0. The van der Waals surface area contributed by atoms with E-state index in [-0.39, 0.29) is 0 Å². The number of furan rings is 1. The van der Waals surface area contributed by atoms with Gasteiger partial charge in [0.15, 0.2) is 17.5 Å². The van der Waals surface area contributed by atoms with Crippen LogP contribution in [0.2, 0.25) is 0 Å². The largest absolute Gasteiger partial charge is 0.455 e. The minimum Gasteiger partial charge on any atom is -0.455 e. The van der Waals surface area contributed by atoms with E-state index in [0.717, 1.165) is 71.9 Å². The molecule has 0 aliphatic carbocycles. The van der Waals surface area contributed by atoms with E-state index in [1.165, 1.54) is 5.39 Å². The van der Waals surface area contributed by atoms with Crippen LogP contribution in [0.4, 0.5) is 0 Å². The first-order valence-corrected chi connectivity index (χ1v) is 16.6. The van der Waals surface area contributed by atoms with Crippen molar-refractivity contribution in [1.29, 1.82) is 0 Å². The Labute approximate surface area is 287 Å². The summed E-state index contributed by atoms with van der Waals surface area (Å²) in [7, 11) is 0. The Balaban J connectivity index is 1.38. The van der Waals surface area contributed by atoms with Crippen LogP contribution in [0.1, 0.15) is 0 Å². The molecule has 0 aliphatic rings. The first-order chi connectivity index (χ1) is 24.8. The first kappa shape index (κ1) is 28.1. The van der Waals surface area contributed by atoms with Crippen molar-refractivity contribution in [3.63, 3.8) is 0 Å². The van der Waals surface area contributed by atoms with Crippen LogP contribution in [0.3, 0.4) is 0 Å². The third-order valence-corrected chi connectivity index (χ3v) is 9.36. The van der Waals surface area contributed by atoms with Gasteiger partial charge in [-0.05, 0) is 60.2 Å². The quantitative estimate of drug-likeness (QED) is 0.187. The maximum absolute atomic E-state index is 6.92. The number of benzene rings is 6. The van der Waals surface area contributed by atoms with Gasteiger partial charge in [0.1, 0.15) is 11.2 Å². The molecule has 0 N–H and O–H groups in total. The lowest BCUT2D eigenvalue weighted by molar-refractivity contribution is 0.670. The summed E-state index contributed by atoms with van der Waals surface area (Å²) in [6.45, 7) is 0. The lowest BCUT2D eigenvalue weighted by Gasteiger charge is -2.12. The summed E-state index contributed by atoms with van der Waals surface area (Å²) in [6, 6.07) is 51.8. The molecule has 0 bridgehead atoms. The lowest BCUT2D eigenvalue weighted by Crippen LogP contribution is -2.00. The van der Waals surface area contributed by atoms with E-state index in [0.29, 0.717) is 17.5 Å². The monoisotopic (exact) mass is 641 g/mol. The summed E-state index contributed by atoms with van der Waals surface area (Å²) in [6.07, 6.45) is 3.63. The van der Waals surface area contributed by atoms with E-state index in [9.17, 15) is 0 Å². The second-order valence-electron chi connectivity index (χ2n) is 12.3. The molecule has 0 amide bonds. The third-order valence-electron chi connectivity index (χ3n) is 9.36. The normalized spacial score (nSPS) is 11.6. The van der Waals surface area contributed by atoms with Crippen LogP contribution in [-0.2, 0) is 0 Å². The van der Waals surface area contributed by atoms with Gasteiger partial charge in [0.05, 0.1) is 16.4 Å². The van der Waals surface area contributed by atoms with E-state index in [4.69, 9.17) is 19.4 Å². The zero-order valence-corrected chi connectivity index (χ0v) is 26.7. The van der Waals surface area contributed by atoms with Gasteiger partial charge in [-0.1, -0.05) is 97.1 Å². The van der Waals surface area contributed by atoms with Crippen LogP contribution in [0, 0.1) is 0 Å². The van der Waals surface area contributed by atoms with Gasteiger partial charge in [0.2, 0.25) is 0 Å². The van der Waals surface area contributed by atoms with Crippen molar-refractivity contribution in [3.05, 3.63) is 164 Å². The Morgan fingerprint density at radius 2 is 1.04 bits per heavy atom. The Kier molecular flexibility index (Phi) is 6.39. The fraction of sp³-hybridized carbons (Fsp3) is 0. The average molecular weight is 642 g/mol. The molecule has 0 atom stereocenters. The number of nitrogens with zero attached hydrogens (tertiary/aromatic N) is 5. The number of fused-ring (bicyclic) bond motifs is 7. The molecule has 0 radical (unpaired) electrons. The van der Waals surface area contributed by atoms with Crippen LogP contribution in [0.15, 0.2) is 168 Å². The Bertz CT molecular complexity index is 2790. The number of para-hydroxylation sites is 2. The maximum atomic E-state index is 6.92. The fourth-order valence-corrected chi connectivity index (χ4v) is 7.13. The van der Waals surface area contributed by atoms with Crippen molar-refractivity contribution >= 4 is 43.7 Å². The molecule has 0 saturated heterocycles. The van der Waals surface area contributed by atoms with Gasteiger partial charge in [-0.15, -0.1) is 0 Å². The minimum absolute atomic E-state index is 0.575. The summed E-state index contributed by atoms with van der Waals surface area (Å²) in [4.78, 5) is 19.6. The smallest absolute Gasteiger partial charge is 0.164 e. The van der Waals surface area contributed by atoms with Crippen molar-refractivity contribution in [1.82, 2.24) is 24.5 Å². The van der Waals surface area contributed by atoms with Crippen molar-refractivity contribution in [2.45, 2.75) is 0 Å². The van der Waals surface area contributed by atoms with Gasteiger partial charge in [-0.3, -0.25) is 4.98 Å². The summed E-state index contributed by atoms with van der Waals surface area (Å²) < 4.78 is 9.27. The first-order valence-electron chi connectivity index (χ1n) is 16.6. The van der Waals surface area contributed by atoms with E-state index in [1.54, 1.807) is 0 Å². The van der Waals surface area contributed by atoms with Crippen LogP contribution >= 0.6 is 0 Å². The molecule has 4 heterocycles. The van der Waals surface area contributed by atoms with Gasteiger partial charge < -0.3 is 8.98 Å². The molecular formula is C44H27N5O. The number of pyridine rings is 1. The highest BCUT2D eigenvalue weighted by molar-refractivity contribution is 6.28. The van der Waals surface area contributed by atoms with Gasteiger partial charge in [-0.2, -0.15) is 0 Å². The van der Waals surface area contributed by atoms with E-state index in [1.807, 2.05) is 85.2 Å². The molecule has 0 saturated carbocycles. The van der Waals surface area contributed by atoms with Crippen molar-refractivity contribution < 1.29 is 4.42 Å². The molecule has 6 nitrogen and oxygen atoms in total. The third kappa shape index (κ3) is 4.43. The van der Waals surface area contributed by atoms with Crippen LogP contribution in [0.25, 0.3) is 94.7 Å². The predicted molar refractivity (Wildman–Crippen MR) is 201 cm³/mol. The second kappa shape index (κ2) is 11.4. The zero-order valence-electron chi connectivity index (χ0n) is 26.7. The number of aromatic nitrogens is 5. The van der Waals surface area contributed by atoms with Gasteiger partial charge in [-0.25, -0.2) is 15.0 Å². The summed E-state index contributed by atoms with van der Waals surface area (Å²) in [5, 5.41) is 4.27. The highest BCUT2D eigenvalue weighted by Crippen LogP contribution is 2.46. The van der Waals surface area contributed by atoms with Crippen LogP contribution in [0.5, 0.6) is 0 Å². The van der Waals surface area contributed by atoms with Crippen molar-refractivity contribution in [3.8, 4) is 51.0 Å². The highest BCUT2D eigenvalue weighted by Gasteiger charge is 2.25. The van der Waals surface area contributed by atoms with E-state index in [2.05, 4.69) is 88.4 Å². The van der Waals surface area contributed by atoms with Gasteiger partial charge >= 0.3 is 0 Å². The van der Waals surface area contributed by atoms with E-state index < -0.39 is 0 Å². The highest BCUT2D eigenvalue weighted by atomic mass is 16.3. The molecule has 50 heavy (non-hydrogen) atoms. The number of hydrogen-bond acceptors (Lipinski definition) is 5.